The van der Waals surface area contributed by atoms with Gasteiger partial charge in [0.2, 0.25) is 17.1 Å². The van der Waals surface area contributed by atoms with Crippen molar-refractivity contribution in [3.8, 4) is 6.01 Å². The van der Waals surface area contributed by atoms with Gasteiger partial charge in [0.1, 0.15) is 0 Å². The number of halogens is 1. The minimum Gasteiger partial charge on any atom is -0.467 e. The number of aromatic nitrogens is 3. The third-order valence-electron chi connectivity index (χ3n) is 1.90. The van der Waals surface area contributed by atoms with E-state index in [9.17, 15) is 4.79 Å². The summed E-state index contributed by atoms with van der Waals surface area (Å²) in [6.45, 7) is 0.622. The molecule has 0 saturated carbocycles. The van der Waals surface area contributed by atoms with Crippen LogP contribution in [0.2, 0.25) is 5.28 Å². The molecule has 3 N–H and O–H groups in total. The van der Waals surface area contributed by atoms with Crippen LogP contribution in [0.3, 0.4) is 0 Å². The fourth-order valence-electron chi connectivity index (χ4n) is 1.13. The van der Waals surface area contributed by atoms with E-state index >= 15 is 0 Å². The van der Waals surface area contributed by atoms with E-state index in [-0.39, 0.29) is 17.2 Å². The van der Waals surface area contributed by atoms with Gasteiger partial charge in [-0.2, -0.15) is 15.0 Å². The molecule has 0 radical (unpaired) electrons. The number of rotatable bonds is 7. The van der Waals surface area contributed by atoms with Crippen molar-refractivity contribution in [2.45, 2.75) is 19.3 Å². The lowest BCUT2D eigenvalue weighted by atomic mass is 10.2. The maximum atomic E-state index is 10.5. The molecule has 0 aromatic carbocycles. The molecular formula is C9H14ClN5O2. The number of anilines is 1. The summed E-state index contributed by atoms with van der Waals surface area (Å²) in [6.07, 6.45) is 1.88. The van der Waals surface area contributed by atoms with Crippen molar-refractivity contribution in [3.05, 3.63) is 5.28 Å². The van der Waals surface area contributed by atoms with Crippen molar-refractivity contribution >= 4 is 23.5 Å². The Bertz CT molecular complexity index is 388. The molecule has 0 saturated heterocycles. The van der Waals surface area contributed by atoms with Gasteiger partial charge in [-0.3, -0.25) is 4.79 Å². The van der Waals surface area contributed by atoms with Crippen molar-refractivity contribution < 1.29 is 9.53 Å². The van der Waals surface area contributed by atoms with Crippen molar-refractivity contribution in [2.24, 2.45) is 5.73 Å². The fourth-order valence-corrected chi connectivity index (χ4v) is 1.28. The van der Waals surface area contributed by atoms with Crippen LogP contribution in [-0.4, -0.2) is 34.5 Å². The number of hydrogen-bond acceptors (Lipinski definition) is 6. The van der Waals surface area contributed by atoms with Crippen molar-refractivity contribution in [3.63, 3.8) is 0 Å². The molecule has 1 amide bonds. The van der Waals surface area contributed by atoms with E-state index in [4.69, 9.17) is 22.1 Å². The van der Waals surface area contributed by atoms with Gasteiger partial charge in [0.15, 0.2) is 0 Å². The number of hydrogen-bond donors (Lipinski definition) is 2. The van der Waals surface area contributed by atoms with Gasteiger partial charge in [0, 0.05) is 13.0 Å². The second-order valence-corrected chi connectivity index (χ2v) is 3.60. The minimum absolute atomic E-state index is 0.0662. The zero-order chi connectivity index (χ0) is 12.7. The molecule has 7 nitrogen and oxygen atoms in total. The van der Waals surface area contributed by atoms with Gasteiger partial charge in [0.05, 0.1) is 7.11 Å². The lowest BCUT2D eigenvalue weighted by Crippen LogP contribution is -2.11. The molecule has 1 aromatic rings. The van der Waals surface area contributed by atoms with Gasteiger partial charge in [-0.25, -0.2) is 0 Å². The van der Waals surface area contributed by atoms with Crippen molar-refractivity contribution in [1.29, 1.82) is 0 Å². The average Bonchev–Trinajstić information content (AvgIpc) is 2.27. The molecule has 0 unspecified atom stereocenters. The number of carbonyl (C=O) groups is 1. The molecule has 1 rings (SSSR count). The molecule has 1 heterocycles. The first-order valence-corrected chi connectivity index (χ1v) is 5.47. The molecule has 17 heavy (non-hydrogen) atoms. The van der Waals surface area contributed by atoms with Crippen LogP contribution in [0.1, 0.15) is 19.3 Å². The minimum atomic E-state index is -0.296. The summed E-state index contributed by atoms with van der Waals surface area (Å²) in [5.41, 5.74) is 5.02. The Hall–Kier alpha value is -1.63. The summed E-state index contributed by atoms with van der Waals surface area (Å²) >= 11 is 5.67. The maximum Gasteiger partial charge on any atom is 0.322 e. The Morgan fingerprint density at radius 2 is 2.18 bits per heavy atom. The molecule has 0 aliphatic heterocycles. The number of primary amides is 1. The summed E-state index contributed by atoms with van der Waals surface area (Å²) < 4.78 is 4.85. The molecule has 1 aromatic heterocycles. The quantitative estimate of drug-likeness (QED) is 0.695. The SMILES string of the molecule is COc1nc(Cl)nc(NCCCCC(N)=O)n1. The Balaban J connectivity index is 2.36. The molecule has 0 spiro atoms. The van der Waals surface area contributed by atoms with E-state index < -0.39 is 0 Å². The van der Waals surface area contributed by atoms with Crippen LogP contribution in [0.4, 0.5) is 5.95 Å². The smallest absolute Gasteiger partial charge is 0.322 e. The van der Waals surface area contributed by atoms with Crippen LogP contribution in [0.25, 0.3) is 0 Å². The van der Waals surface area contributed by atoms with E-state index in [0.29, 0.717) is 18.9 Å². The van der Waals surface area contributed by atoms with E-state index in [0.717, 1.165) is 12.8 Å². The Labute approximate surface area is 104 Å². The predicted octanol–water partition coefficient (Wildman–Crippen LogP) is 0.601. The van der Waals surface area contributed by atoms with Crippen LogP contribution in [0.5, 0.6) is 6.01 Å². The number of nitrogens with zero attached hydrogens (tertiary/aromatic N) is 3. The van der Waals surface area contributed by atoms with Crippen LogP contribution < -0.4 is 15.8 Å². The van der Waals surface area contributed by atoms with E-state index in [1.807, 2.05) is 0 Å². The van der Waals surface area contributed by atoms with Crippen molar-refractivity contribution in [1.82, 2.24) is 15.0 Å². The topological polar surface area (TPSA) is 103 Å². The van der Waals surface area contributed by atoms with E-state index in [2.05, 4.69) is 20.3 Å². The summed E-state index contributed by atoms with van der Waals surface area (Å²) in [5.74, 6) is 0.0517. The monoisotopic (exact) mass is 259 g/mol. The van der Waals surface area contributed by atoms with Gasteiger partial charge in [-0.1, -0.05) is 0 Å². The first-order valence-electron chi connectivity index (χ1n) is 5.09. The standard InChI is InChI=1S/C9H14ClN5O2/c1-17-9-14-7(10)13-8(15-9)12-5-3-2-4-6(11)16/h2-5H2,1H3,(H2,11,16)(H,12,13,14,15). The highest BCUT2D eigenvalue weighted by molar-refractivity contribution is 6.28. The second-order valence-electron chi connectivity index (χ2n) is 3.26. The number of nitrogens with one attached hydrogen (secondary N) is 1. The van der Waals surface area contributed by atoms with Crippen LogP contribution in [-0.2, 0) is 4.79 Å². The van der Waals surface area contributed by atoms with Gasteiger partial charge in [-0.05, 0) is 24.4 Å². The lowest BCUT2D eigenvalue weighted by molar-refractivity contribution is -0.118. The number of ether oxygens (including phenoxy) is 1. The van der Waals surface area contributed by atoms with Crippen LogP contribution in [0.15, 0.2) is 0 Å². The summed E-state index contributed by atoms with van der Waals surface area (Å²) in [4.78, 5) is 22.1. The predicted molar refractivity (Wildman–Crippen MR) is 62.9 cm³/mol. The molecule has 0 aliphatic carbocycles. The first-order chi connectivity index (χ1) is 8.11. The van der Waals surface area contributed by atoms with Crippen LogP contribution in [0, 0.1) is 0 Å². The molecule has 0 aliphatic rings. The van der Waals surface area contributed by atoms with E-state index in [1.54, 1.807) is 0 Å². The zero-order valence-electron chi connectivity index (χ0n) is 9.44. The number of amides is 1. The molecule has 8 heteroatoms. The molecule has 0 bridgehead atoms. The number of methoxy groups -OCH3 is 1. The summed E-state index contributed by atoms with van der Waals surface area (Å²) in [5, 5.41) is 3.02. The highest BCUT2D eigenvalue weighted by Gasteiger charge is 2.04. The first kappa shape index (κ1) is 13.4. The van der Waals surface area contributed by atoms with Gasteiger partial charge >= 0.3 is 6.01 Å². The summed E-state index contributed by atoms with van der Waals surface area (Å²) in [6, 6.07) is 0.157. The maximum absolute atomic E-state index is 10.5. The molecule has 0 atom stereocenters. The molecule has 94 valence electrons. The number of nitrogens with two attached hydrogens (primary N) is 1. The average molecular weight is 260 g/mol. The number of unbranched alkanes of at least 4 members (excludes halogenated alkanes) is 1. The third kappa shape index (κ3) is 5.30. The largest absolute Gasteiger partial charge is 0.467 e. The normalized spacial score (nSPS) is 10.0. The van der Waals surface area contributed by atoms with Gasteiger partial charge in [0.25, 0.3) is 0 Å². The zero-order valence-corrected chi connectivity index (χ0v) is 10.2. The van der Waals surface area contributed by atoms with Gasteiger partial charge in [-0.15, -0.1) is 0 Å². The lowest BCUT2D eigenvalue weighted by Gasteiger charge is -2.05. The number of carbonyl (C=O) groups excluding carboxylic acids is 1. The van der Waals surface area contributed by atoms with Gasteiger partial charge < -0.3 is 15.8 Å². The van der Waals surface area contributed by atoms with Crippen LogP contribution >= 0.6 is 11.6 Å². The Morgan fingerprint density at radius 1 is 1.41 bits per heavy atom. The Kier molecular flexibility index (Phi) is 5.41. The second kappa shape index (κ2) is 6.85. The molecular weight excluding hydrogens is 246 g/mol. The third-order valence-corrected chi connectivity index (χ3v) is 2.07. The van der Waals surface area contributed by atoms with Crippen molar-refractivity contribution in [2.75, 3.05) is 19.0 Å². The Morgan fingerprint density at radius 3 is 2.82 bits per heavy atom. The fraction of sp³-hybridized carbons (Fsp3) is 0.556. The highest BCUT2D eigenvalue weighted by Crippen LogP contribution is 2.10. The summed E-state index contributed by atoms with van der Waals surface area (Å²) in [7, 11) is 1.45. The molecule has 0 fully saturated rings. The van der Waals surface area contributed by atoms with E-state index in [1.165, 1.54) is 7.11 Å². The highest BCUT2D eigenvalue weighted by atomic mass is 35.5.